The van der Waals surface area contributed by atoms with E-state index >= 15 is 0 Å². The first kappa shape index (κ1) is 12.3. The van der Waals surface area contributed by atoms with Crippen molar-refractivity contribution >= 4 is 22.7 Å². The summed E-state index contributed by atoms with van der Waals surface area (Å²) in [6.07, 6.45) is 0. The fourth-order valence-electron chi connectivity index (χ4n) is 2.27. The van der Waals surface area contributed by atoms with Gasteiger partial charge in [-0.05, 0) is 42.5 Å². The van der Waals surface area contributed by atoms with Crippen LogP contribution in [0.5, 0.6) is 0 Å². The van der Waals surface area contributed by atoms with E-state index in [4.69, 9.17) is 5.73 Å². The summed E-state index contributed by atoms with van der Waals surface area (Å²) in [4.78, 5) is 2.19. The number of hydrogen-bond donors (Lipinski definition) is 1. The minimum atomic E-state index is 0.763. The largest absolute Gasteiger partial charge is 0.399 e. The van der Waals surface area contributed by atoms with E-state index in [2.05, 4.69) is 35.2 Å². The first-order valence-electron chi connectivity index (χ1n) is 6.60. The predicted molar refractivity (Wildman–Crippen MR) is 85.5 cm³/mol. The van der Waals surface area contributed by atoms with Crippen molar-refractivity contribution in [1.82, 2.24) is 0 Å². The molecule has 0 saturated heterocycles. The molecule has 0 aliphatic heterocycles. The van der Waals surface area contributed by atoms with E-state index < -0.39 is 0 Å². The van der Waals surface area contributed by atoms with Gasteiger partial charge in [-0.2, -0.15) is 0 Å². The van der Waals surface area contributed by atoms with Gasteiger partial charge in [0.2, 0.25) is 0 Å². The molecule has 3 aromatic rings. The fraction of sp³-hybridized carbons (Fsp3) is 0. The predicted octanol–water partition coefficient (Wildman–Crippen LogP) is 4.74. The van der Waals surface area contributed by atoms with Crippen molar-refractivity contribution in [2.24, 2.45) is 0 Å². The van der Waals surface area contributed by atoms with Crippen LogP contribution in [0.15, 0.2) is 84.9 Å². The van der Waals surface area contributed by atoms with Crippen LogP contribution < -0.4 is 10.6 Å². The van der Waals surface area contributed by atoms with E-state index in [9.17, 15) is 0 Å². The molecule has 3 aromatic carbocycles. The molecule has 2 N–H and O–H groups in total. The van der Waals surface area contributed by atoms with Crippen molar-refractivity contribution < 1.29 is 0 Å². The van der Waals surface area contributed by atoms with Gasteiger partial charge in [-0.1, -0.05) is 42.5 Å². The van der Waals surface area contributed by atoms with Crippen LogP contribution >= 0.6 is 0 Å². The number of hydrogen-bond acceptors (Lipinski definition) is 2. The maximum Gasteiger partial charge on any atom is 0.0482 e. The fourth-order valence-corrected chi connectivity index (χ4v) is 2.27. The van der Waals surface area contributed by atoms with E-state index in [1.54, 1.807) is 0 Å². The molecule has 0 bridgehead atoms. The van der Waals surface area contributed by atoms with Crippen LogP contribution in [0.3, 0.4) is 0 Å². The summed E-state index contributed by atoms with van der Waals surface area (Å²) in [7, 11) is 0. The zero-order valence-electron chi connectivity index (χ0n) is 11.1. The van der Waals surface area contributed by atoms with E-state index in [1.165, 1.54) is 0 Å². The Balaban J connectivity index is 2.14. The number of nitrogens with two attached hydrogens (primary N) is 1. The average Bonchev–Trinajstić information content (AvgIpc) is 2.50. The monoisotopic (exact) mass is 260 g/mol. The molecule has 0 heterocycles. The maximum atomic E-state index is 5.93. The number of anilines is 4. The lowest BCUT2D eigenvalue weighted by Crippen LogP contribution is -2.09. The van der Waals surface area contributed by atoms with Crippen LogP contribution in [0, 0.1) is 0 Å². The Kier molecular flexibility index (Phi) is 3.38. The van der Waals surface area contributed by atoms with Gasteiger partial charge in [-0.25, -0.2) is 0 Å². The molecule has 0 spiro atoms. The molecular weight excluding hydrogens is 244 g/mol. The topological polar surface area (TPSA) is 29.3 Å². The highest BCUT2D eigenvalue weighted by atomic mass is 15.1. The minimum Gasteiger partial charge on any atom is -0.399 e. The lowest BCUT2D eigenvalue weighted by Gasteiger charge is -2.25. The van der Waals surface area contributed by atoms with Crippen LogP contribution in [0.4, 0.5) is 22.7 Å². The van der Waals surface area contributed by atoms with Crippen molar-refractivity contribution in [3.05, 3.63) is 84.9 Å². The zero-order valence-corrected chi connectivity index (χ0v) is 11.1. The molecule has 3 rings (SSSR count). The Labute approximate surface area is 119 Å². The van der Waals surface area contributed by atoms with Crippen LogP contribution in [-0.4, -0.2) is 0 Å². The van der Waals surface area contributed by atoms with Crippen LogP contribution in [0.2, 0.25) is 0 Å². The molecule has 0 fully saturated rings. The summed E-state index contributed by atoms with van der Waals surface area (Å²) in [6, 6.07) is 28.5. The standard InChI is InChI=1S/C18H16N2/c19-15-8-7-13-18(14-15)20(16-9-3-1-4-10-16)17-11-5-2-6-12-17/h1-14H,19H2. The number of para-hydroxylation sites is 2. The minimum absolute atomic E-state index is 0.763. The van der Waals surface area contributed by atoms with Gasteiger partial charge in [-0.3, -0.25) is 0 Å². The summed E-state index contributed by atoms with van der Waals surface area (Å²) in [5.74, 6) is 0. The molecule has 0 aliphatic rings. The first-order chi connectivity index (χ1) is 9.84. The first-order valence-corrected chi connectivity index (χ1v) is 6.60. The molecule has 20 heavy (non-hydrogen) atoms. The summed E-state index contributed by atoms with van der Waals surface area (Å²) < 4.78 is 0. The lowest BCUT2D eigenvalue weighted by molar-refractivity contribution is 1.28. The Bertz CT molecular complexity index is 639. The molecule has 2 heteroatoms. The molecule has 0 saturated carbocycles. The number of benzene rings is 3. The second kappa shape index (κ2) is 5.49. The lowest BCUT2D eigenvalue weighted by atomic mass is 10.2. The third-order valence-corrected chi connectivity index (χ3v) is 3.16. The van der Waals surface area contributed by atoms with Crippen LogP contribution in [0.25, 0.3) is 0 Å². The van der Waals surface area contributed by atoms with Crippen molar-refractivity contribution in [1.29, 1.82) is 0 Å². The molecule has 0 amide bonds. The van der Waals surface area contributed by atoms with Crippen molar-refractivity contribution in [2.75, 3.05) is 10.6 Å². The van der Waals surface area contributed by atoms with Gasteiger partial charge >= 0.3 is 0 Å². The van der Waals surface area contributed by atoms with Gasteiger partial charge in [-0.15, -0.1) is 0 Å². The zero-order chi connectivity index (χ0) is 13.8. The molecule has 98 valence electrons. The van der Waals surface area contributed by atoms with E-state index in [-0.39, 0.29) is 0 Å². The molecule has 0 radical (unpaired) electrons. The van der Waals surface area contributed by atoms with E-state index in [0.29, 0.717) is 0 Å². The van der Waals surface area contributed by atoms with Crippen LogP contribution in [0.1, 0.15) is 0 Å². The van der Waals surface area contributed by atoms with E-state index in [0.717, 1.165) is 22.7 Å². The highest BCUT2D eigenvalue weighted by Crippen LogP contribution is 2.34. The Morgan fingerprint density at radius 1 is 0.550 bits per heavy atom. The summed E-state index contributed by atoms with van der Waals surface area (Å²) in [5.41, 5.74) is 9.98. The Morgan fingerprint density at radius 2 is 1.05 bits per heavy atom. The summed E-state index contributed by atoms with van der Waals surface area (Å²) in [6.45, 7) is 0. The second-order valence-electron chi connectivity index (χ2n) is 4.60. The molecule has 0 atom stereocenters. The van der Waals surface area contributed by atoms with E-state index in [1.807, 2.05) is 54.6 Å². The third-order valence-electron chi connectivity index (χ3n) is 3.16. The summed E-state index contributed by atoms with van der Waals surface area (Å²) >= 11 is 0. The van der Waals surface area contributed by atoms with Crippen molar-refractivity contribution in [3.63, 3.8) is 0 Å². The van der Waals surface area contributed by atoms with Gasteiger partial charge in [0.25, 0.3) is 0 Å². The van der Waals surface area contributed by atoms with Crippen molar-refractivity contribution in [2.45, 2.75) is 0 Å². The van der Waals surface area contributed by atoms with Crippen molar-refractivity contribution in [3.8, 4) is 0 Å². The van der Waals surface area contributed by atoms with Gasteiger partial charge < -0.3 is 10.6 Å². The Hall–Kier alpha value is -2.74. The smallest absolute Gasteiger partial charge is 0.0482 e. The van der Waals surface area contributed by atoms with Crippen LogP contribution in [-0.2, 0) is 0 Å². The van der Waals surface area contributed by atoms with Gasteiger partial charge in [0.15, 0.2) is 0 Å². The molecule has 2 nitrogen and oxygen atoms in total. The third kappa shape index (κ3) is 2.50. The number of nitrogens with zero attached hydrogens (tertiary/aromatic N) is 1. The van der Waals surface area contributed by atoms with Gasteiger partial charge in [0.1, 0.15) is 0 Å². The quantitative estimate of drug-likeness (QED) is 0.689. The molecule has 0 aliphatic carbocycles. The Morgan fingerprint density at radius 3 is 1.55 bits per heavy atom. The van der Waals surface area contributed by atoms with Gasteiger partial charge in [0.05, 0.1) is 0 Å². The SMILES string of the molecule is Nc1cccc(N(c2ccccc2)c2ccccc2)c1. The molecule has 0 unspecified atom stereocenters. The number of nitrogen functional groups attached to an aromatic ring is 1. The normalized spacial score (nSPS) is 10.2. The average molecular weight is 260 g/mol. The molecule has 0 aromatic heterocycles. The highest BCUT2D eigenvalue weighted by Gasteiger charge is 2.11. The second-order valence-corrected chi connectivity index (χ2v) is 4.60. The maximum absolute atomic E-state index is 5.93. The highest BCUT2D eigenvalue weighted by molar-refractivity contribution is 5.77. The van der Waals surface area contributed by atoms with Gasteiger partial charge in [0, 0.05) is 22.7 Å². The summed E-state index contributed by atoms with van der Waals surface area (Å²) in [5, 5.41) is 0. The number of rotatable bonds is 3. The molecular formula is C18H16N2.